The fourth-order valence-corrected chi connectivity index (χ4v) is 0.987. The summed E-state index contributed by atoms with van der Waals surface area (Å²) >= 11 is 0. The third kappa shape index (κ3) is 2.72. The lowest BCUT2D eigenvalue weighted by molar-refractivity contribution is -0.116. The standard InChI is InChI=1S/C10H12N2O/c1-8-4-2-3-5-9(8)6-7-10(13)12-11/h2-7H,11H2,1H3,(H,12,13)/b7-6+. The van der Waals surface area contributed by atoms with Crippen LogP contribution in [-0.4, -0.2) is 5.91 Å². The minimum absolute atomic E-state index is 0.303. The topological polar surface area (TPSA) is 55.1 Å². The van der Waals surface area contributed by atoms with Gasteiger partial charge in [-0.2, -0.15) is 0 Å². The molecule has 13 heavy (non-hydrogen) atoms. The van der Waals surface area contributed by atoms with E-state index in [0.717, 1.165) is 11.1 Å². The van der Waals surface area contributed by atoms with Gasteiger partial charge in [-0.25, -0.2) is 5.84 Å². The van der Waals surface area contributed by atoms with E-state index in [2.05, 4.69) is 0 Å². The van der Waals surface area contributed by atoms with Gasteiger partial charge >= 0.3 is 0 Å². The zero-order valence-electron chi connectivity index (χ0n) is 7.45. The zero-order chi connectivity index (χ0) is 9.68. The average Bonchev–Trinajstić information content (AvgIpc) is 2.16. The lowest BCUT2D eigenvalue weighted by atomic mass is 10.1. The summed E-state index contributed by atoms with van der Waals surface area (Å²) in [4.78, 5) is 10.8. The van der Waals surface area contributed by atoms with Crippen LogP contribution in [0.25, 0.3) is 6.08 Å². The first-order valence-electron chi connectivity index (χ1n) is 3.98. The van der Waals surface area contributed by atoms with Crippen LogP contribution in [0.5, 0.6) is 0 Å². The third-order valence-electron chi connectivity index (χ3n) is 1.74. The normalized spacial score (nSPS) is 10.3. The molecule has 0 saturated heterocycles. The largest absolute Gasteiger partial charge is 0.291 e. The fraction of sp³-hybridized carbons (Fsp3) is 0.100. The minimum Gasteiger partial charge on any atom is -0.291 e. The van der Waals surface area contributed by atoms with E-state index in [1.165, 1.54) is 6.08 Å². The Labute approximate surface area is 77.2 Å². The Morgan fingerprint density at radius 3 is 2.77 bits per heavy atom. The van der Waals surface area contributed by atoms with Crippen LogP contribution in [0.15, 0.2) is 30.3 Å². The van der Waals surface area contributed by atoms with Gasteiger partial charge in [0.2, 0.25) is 0 Å². The van der Waals surface area contributed by atoms with Gasteiger partial charge in [0.1, 0.15) is 0 Å². The van der Waals surface area contributed by atoms with E-state index < -0.39 is 0 Å². The highest BCUT2D eigenvalue weighted by molar-refractivity contribution is 5.91. The van der Waals surface area contributed by atoms with Crippen LogP contribution in [0.2, 0.25) is 0 Å². The Morgan fingerprint density at radius 2 is 2.15 bits per heavy atom. The summed E-state index contributed by atoms with van der Waals surface area (Å²) in [6.45, 7) is 1.99. The van der Waals surface area contributed by atoms with Crippen LogP contribution < -0.4 is 11.3 Å². The van der Waals surface area contributed by atoms with Gasteiger partial charge in [0.25, 0.3) is 5.91 Å². The predicted molar refractivity (Wildman–Crippen MR) is 52.5 cm³/mol. The number of carbonyl (C=O) groups excluding carboxylic acids is 1. The predicted octanol–water partition coefficient (Wildman–Crippen LogP) is 0.998. The van der Waals surface area contributed by atoms with E-state index in [9.17, 15) is 4.79 Å². The highest BCUT2D eigenvalue weighted by atomic mass is 16.2. The Morgan fingerprint density at radius 1 is 1.46 bits per heavy atom. The van der Waals surface area contributed by atoms with Gasteiger partial charge in [-0.15, -0.1) is 0 Å². The fourth-order valence-electron chi connectivity index (χ4n) is 0.987. The second kappa shape index (κ2) is 4.42. The lowest BCUT2D eigenvalue weighted by Crippen LogP contribution is -2.27. The molecule has 0 aliphatic rings. The van der Waals surface area contributed by atoms with E-state index in [1.54, 1.807) is 6.08 Å². The first kappa shape index (κ1) is 9.48. The summed E-state index contributed by atoms with van der Waals surface area (Å²) in [5.41, 5.74) is 4.18. The number of carbonyl (C=O) groups is 1. The molecule has 0 heterocycles. The SMILES string of the molecule is Cc1ccccc1/C=C/C(=O)NN. The van der Waals surface area contributed by atoms with Gasteiger partial charge in [-0.1, -0.05) is 24.3 Å². The highest BCUT2D eigenvalue weighted by Crippen LogP contribution is 2.08. The number of amides is 1. The number of hydrogen-bond acceptors (Lipinski definition) is 2. The van der Waals surface area contributed by atoms with Gasteiger partial charge in [-0.3, -0.25) is 10.2 Å². The van der Waals surface area contributed by atoms with Gasteiger partial charge in [0.05, 0.1) is 0 Å². The van der Waals surface area contributed by atoms with Crippen molar-refractivity contribution >= 4 is 12.0 Å². The first-order valence-corrected chi connectivity index (χ1v) is 3.98. The second-order valence-electron chi connectivity index (χ2n) is 2.70. The minimum atomic E-state index is -0.303. The van der Waals surface area contributed by atoms with Crippen LogP contribution in [0, 0.1) is 6.92 Å². The molecule has 0 unspecified atom stereocenters. The molecule has 1 aromatic rings. The average molecular weight is 176 g/mol. The molecule has 0 aliphatic carbocycles. The van der Waals surface area contributed by atoms with Crippen molar-refractivity contribution in [3.05, 3.63) is 41.5 Å². The number of nitrogens with two attached hydrogens (primary N) is 1. The molecule has 0 fully saturated rings. The molecule has 0 saturated carbocycles. The molecule has 0 spiro atoms. The molecule has 0 bridgehead atoms. The molecule has 0 radical (unpaired) electrons. The maximum absolute atomic E-state index is 10.8. The van der Waals surface area contributed by atoms with Crippen LogP contribution >= 0.6 is 0 Å². The lowest BCUT2D eigenvalue weighted by Gasteiger charge is -1.97. The monoisotopic (exact) mass is 176 g/mol. The summed E-state index contributed by atoms with van der Waals surface area (Å²) in [7, 11) is 0. The molecular weight excluding hydrogens is 164 g/mol. The van der Waals surface area contributed by atoms with E-state index in [0.29, 0.717) is 0 Å². The number of rotatable bonds is 2. The molecule has 0 aromatic heterocycles. The van der Waals surface area contributed by atoms with Crippen molar-refractivity contribution in [3.8, 4) is 0 Å². The van der Waals surface area contributed by atoms with E-state index in [1.807, 2.05) is 36.6 Å². The summed E-state index contributed by atoms with van der Waals surface area (Å²) < 4.78 is 0. The van der Waals surface area contributed by atoms with Crippen molar-refractivity contribution in [1.29, 1.82) is 0 Å². The van der Waals surface area contributed by atoms with Gasteiger partial charge in [0, 0.05) is 6.08 Å². The summed E-state index contributed by atoms with van der Waals surface area (Å²) in [5, 5.41) is 0. The molecule has 1 aromatic carbocycles. The summed E-state index contributed by atoms with van der Waals surface area (Å²) in [5.74, 6) is 4.62. The zero-order valence-corrected chi connectivity index (χ0v) is 7.45. The van der Waals surface area contributed by atoms with Crippen molar-refractivity contribution in [3.63, 3.8) is 0 Å². The molecule has 68 valence electrons. The molecule has 1 rings (SSSR count). The number of benzene rings is 1. The summed E-state index contributed by atoms with van der Waals surface area (Å²) in [6, 6.07) is 7.80. The number of hydrazine groups is 1. The van der Waals surface area contributed by atoms with Crippen molar-refractivity contribution in [2.45, 2.75) is 6.92 Å². The molecule has 0 aliphatic heterocycles. The van der Waals surface area contributed by atoms with Gasteiger partial charge in [0.15, 0.2) is 0 Å². The van der Waals surface area contributed by atoms with E-state index in [4.69, 9.17) is 5.84 Å². The molecule has 3 heteroatoms. The molecule has 0 atom stereocenters. The van der Waals surface area contributed by atoms with Crippen LogP contribution in [0.3, 0.4) is 0 Å². The maximum Gasteiger partial charge on any atom is 0.257 e. The smallest absolute Gasteiger partial charge is 0.257 e. The number of hydrogen-bond donors (Lipinski definition) is 2. The van der Waals surface area contributed by atoms with Crippen LogP contribution in [0.4, 0.5) is 0 Å². The maximum atomic E-state index is 10.8. The van der Waals surface area contributed by atoms with Crippen molar-refractivity contribution < 1.29 is 4.79 Å². The van der Waals surface area contributed by atoms with Crippen LogP contribution in [0.1, 0.15) is 11.1 Å². The Bertz CT molecular complexity index is 331. The highest BCUT2D eigenvalue weighted by Gasteiger charge is 1.92. The first-order chi connectivity index (χ1) is 6.24. The van der Waals surface area contributed by atoms with E-state index >= 15 is 0 Å². The number of nitrogens with one attached hydrogen (secondary N) is 1. The second-order valence-corrected chi connectivity index (χ2v) is 2.70. The Hall–Kier alpha value is -1.61. The molecule has 1 amide bonds. The summed E-state index contributed by atoms with van der Waals surface area (Å²) in [6.07, 6.45) is 3.14. The van der Waals surface area contributed by atoms with Gasteiger partial charge < -0.3 is 0 Å². The number of aryl methyl sites for hydroxylation is 1. The van der Waals surface area contributed by atoms with Crippen LogP contribution in [-0.2, 0) is 4.79 Å². The van der Waals surface area contributed by atoms with Crippen molar-refractivity contribution in [1.82, 2.24) is 5.43 Å². The van der Waals surface area contributed by atoms with E-state index in [-0.39, 0.29) is 5.91 Å². The molecular formula is C10H12N2O. The third-order valence-corrected chi connectivity index (χ3v) is 1.74. The molecule has 3 nitrogen and oxygen atoms in total. The van der Waals surface area contributed by atoms with Crippen molar-refractivity contribution in [2.24, 2.45) is 5.84 Å². The molecule has 3 N–H and O–H groups in total. The van der Waals surface area contributed by atoms with Gasteiger partial charge in [-0.05, 0) is 24.1 Å². The Balaban J connectivity index is 2.80. The quantitative estimate of drug-likeness (QED) is 0.305. The van der Waals surface area contributed by atoms with Crippen molar-refractivity contribution in [2.75, 3.05) is 0 Å². The Kier molecular flexibility index (Phi) is 3.23.